The first-order chi connectivity index (χ1) is 17.5. The summed E-state index contributed by atoms with van der Waals surface area (Å²) < 4.78 is 14.5. The highest BCUT2D eigenvalue weighted by Gasteiger charge is 2.49. The molecule has 0 amide bonds. The van der Waals surface area contributed by atoms with Gasteiger partial charge in [-0.15, -0.1) is 0 Å². The number of carbonyl (C=O) groups is 3. The van der Waals surface area contributed by atoms with Crippen molar-refractivity contribution in [2.24, 2.45) is 14.1 Å². The van der Waals surface area contributed by atoms with Crippen LogP contribution < -0.4 is 20.9 Å². The van der Waals surface area contributed by atoms with E-state index in [9.17, 15) is 29.1 Å². The van der Waals surface area contributed by atoms with Gasteiger partial charge in [-0.1, -0.05) is 24.3 Å². The Morgan fingerprint density at radius 1 is 0.946 bits per heavy atom. The van der Waals surface area contributed by atoms with Crippen LogP contribution in [-0.2, 0) is 25.3 Å². The third kappa shape index (κ3) is 3.13. The minimum absolute atomic E-state index is 0.0111. The first-order valence-electron chi connectivity index (χ1n) is 11.6. The second-order valence-electron chi connectivity index (χ2n) is 9.39. The summed E-state index contributed by atoms with van der Waals surface area (Å²) in [5.41, 5.74) is -2.42. The molecule has 2 aliphatic rings. The van der Waals surface area contributed by atoms with Crippen LogP contribution in [0.1, 0.15) is 62.4 Å². The number of ether oxygens (including phenoxy) is 2. The molecule has 2 atom stereocenters. The third-order valence-electron chi connectivity index (χ3n) is 7.48. The molecule has 37 heavy (non-hydrogen) atoms. The van der Waals surface area contributed by atoms with Crippen LogP contribution in [0.5, 0.6) is 11.5 Å². The van der Waals surface area contributed by atoms with E-state index in [1.54, 1.807) is 18.2 Å². The molecule has 0 fully saturated rings. The zero-order chi connectivity index (χ0) is 27.0. The summed E-state index contributed by atoms with van der Waals surface area (Å²) in [6.07, 6.45) is -0.525. The molecule has 1 aromatic heterocycles. The highest BCUT2D eigenvalue weighted by Crippen LogP contribution is 2.51. The summed E-state index contributed by atoms with van der Waals surface area (Å²) in [7, 11) is 5.35. The normalized spacial score (nSPS) is 20.2. The van der Waals surface area contributed by atoms with E-state index in [4.69, 9.17) is 9.47 Å². The lowest BCUT2D eigenvalue weighted by Crippen LogP contribution is -2.48. The first kappa shape index (κ1) is 24.4. The van der Waals surface area contributed by atoms with Crippen molar-refractivity contribution < 1.29 is 29.0 Å². The molecule has 1 N–H and O–H groups in total. The first-order valence-corrected chi connectivity index (χ1v) is 11.6. The van der Waals surface area contributed by atoms with E-state index in [0.29, 0.717) is 0 Å². The number of hydrogen-bond acceptors (Lipinski definition) is 8. The molecule has 192 valence electrons. The smallest absolute Gasteiger partial charge is 0.347 e. The van der Waals surface area contributed by atoms with Crippen LogP contribution in [0, 0.1) is 0 Å². The maximum Gasteiger partial charge on any atom is 0.347 e. The van der Waals surface area contributed by atoms with E-state index in [1.807, 2.05) is 0 Å². The van der Waals surface area contributed by atoms with Crippen molar-refractivity contribution in [3.05, 3.63) is 78.6 Å². The van der Waals surface area contributed by atoms with Gasteiger partial charge in [-0.05, 0) is 6.92 Å². The number of aromatic nitrogens is 3. The second-order valence-corrected chi connectivity index (χ2v) is 9.39. The zero-order valence-corrected chi connectivity index (χ0v) is 20.9. The quantitative estimate of drug-likeness (QED) is 0.422. The Balaban J connectivity index is 1.95. The molecule has 0 aliphatic heterocycles. The molecule has 0 spiro atoms. The van der Waals surface area contributed by atoms with E-state index < -0.39 is 40.4 Å². The van der Waals surface area contributed by atoms with Crippen molar-refractivity contribution >= 4 is 17.3 Å². The molecule has 2 aromatic carbocycles. The number of aliphatic hydroxyl groups is 1. The fourth-order valence-electron chi connectivity index (χ4n) is 5.60. The Hall–Kier alpha value is -4.25. The highest BCUT2D eigenvalue weighted by molar-refractivity contribution is 6.30. The lowest BCUT2D eigenvalue weighted by Gasteiger charge is -2.39. The van der Waals surface area contributed by atoms with Crippen molar-refractivity contribution in [1.29, 1.82) is 0 Å². The van der Waals surface area contributed by atoms with Crippen LogP contribution in [-0.4, -0.2) is 56.2 Å². The number of carbonyl (C=O) groups excluding carboxylic acids is 3. The van der Waals surface area contributed by atoms with Crippen molar-refractivity contribution in [3.63, 3.8) is 0 Å². The summed E-state index contributed by atoms with van der Waals surface area (Å²) in [5.74, 6) is -1.47. The Bertz CT molecular complexity index is 1660. The SMILES string of the molecule is COc1c2c(c(OC)c3c1C(=O)c1ccccc1C3=O)[C@@H](n1c(=O)n(C)c(=O)n1C)C[C@@](O)(C(C)=O)C2. The number of benzene rings is 2. The molecule has 0 radical (unpaired) electrons. The molecule has 0 saturated carbocycles. The van der Waals surface area contributed by atoms with E-state index in [-0.39, 0.29) is 57.7 Å². The van der Waals surface area contributed by atoms with Crippen molar-refractivity contribution in [2.45, 2.75) is 31.4 Å². The summed E-state index contributed by atoms with van der Waals surface area (Å²) in [4.78, 5) is 65.9. The number of ketones is 3. The maximum absolute atomic E-state index is 13.7. The minimum atomic E-state index is -1.95. The predicted octanol–water partition coefficient (Wildman–Crippen LogP) is 0.534. The lowest BCUT2D eigenvalue weighted by molar-refractivity contribution is -0.137. The number of hydrogen-bond donors (Lipinski definition) is 1. The summed E-state index contributed by atoms with van der Waals surface area (Å²) in [6.45, 7) is 1.22. The monoisotopic (exact) mass is 507 g/mol. The van der Waals surface area contributed by atoms with E-state index >= 15 is 0 Å². The van der Waals surface area contributed by atoms with Gasteiger partial charge in [0.2, 0.25) is 0 Å². The van der Waals surface area contributed by atoms with Gasteiger partial charge in [-0.3, -0.25) is 14.4 Å². The maximum atomic E-state index is 13.7. The Morgan fingerprint density at radius 3 is 1.95 bits per heavy atom. The van der Waals surface area contributed by atoms with Crippen molar-refractivity contribution in [3.8, 4) is 11.5 Å². The van der Waals surface area contributed by atoms with Crippen LogP contribution in [0.4, 0.5) is 0 Å². The molecule has 0 saturated heterocycles. The largest absolute Gasteiger partial charge is 0.496 e. The van der Waals surface area contributed by atoms with Crippen LogP contribution in [0.2, 0.25) is 0 Å². The Labute approximate surface area is 210 Å². The number of Topliss-reactive ketones (excluding diaryl/α,β-unsaturated/α-hetero) is 1. The molecule has 3 aromatic rings. The molecule has 11 heteroatoms. The number of rotatable bonds is 4. The summed E-state index contributed by atoms with van der Waals surface area (Å²) in [6, 6.07) is 5.27. The van der Waals surface area contributed by atoms with Crippen LogP contribution in [0.3, 0.4) is 0 Å². The molecular formula is C26H25N3O8. The molecule has 11 nitrogen and oxygen atoms in total. The third-order valence-corrected chi connectivity index (χ3v) is 7.48. The van der Waals surface area contributed by atoms with E-state index in [0.717, 1.165) is 13.9 Å². The second kappa shape index (κ2) is 8.13. The van der Waals surface area contributed by atoms with Gasteiger partial charge in [0.1, 0.15) is 17.1 Å². The Morgan fingerprint density at radius 2 is 1.49 bits per heavy atom. The average Bonchev–Trinajstić information content (AvgIpc) is 3.07. The molecule has 1 heterocycles. The van der Waals surface area contributed by atoms with Gasteiger partial charge >= 0.3 is 11.4 Å². The van der Waals surface area contributed by atoms with Gasteiger partial charge in [-0.25, -0.2) is 23.5 Å². The number of methoxy groups -OCH3 is 2. The lowest BCUT2D eigenvalue weighted by atomic mass is 9.71. The van der Waals surface area contributed by atoms with Gasteiger partial charge in [-0.2, -0.15) is 0 Å². The summed E-state index contributed by atoms with van der Waals surface area (Å²) >= 11 is 0. The van der Waals surface area contributed by atoms with Crippen molar-refractivity contribution in [1.82, 2.24) is 13.9 Å². The molecule has 5 rings (SSSR count). The molecule has 2 aliphatic carbocycles. The van der Waals surface area contributed by atoms with Crippen molar-refractivity contribution in [2.75, 3.05) is 14.2 Å². The standard InChI is InChI=1S/C26H25N3O8/c1-12(30)26(35)10-15-17(16(11-26)29-25(34)27(2)24(33)28(29)3)23(37-5)19-18(22(15)36-4)20(31)13-8-6-7-9-14(13)21(19)32/h6-9,16,35H,10-11H2,1-5H3/t16-,26+/m0/s1. The van der Waals surface area contributed by atoms with Crippen LogP contribution in [0.25, 0.3) is 0 Å². The minimum Gasteiger partial charge on any atom is -0.496 e. The van der Waals surface area contributed by atoms with Gasteiger partial charge in [0.15, 0.2) is 17.3 Å². The highest BCUT2D eigenvalue weighted by atomic mass is 16.5. The van der Waals surface area contributed by atoms with Crippen LogP contribution in [0.15, 0.2) is 33.9 Å². The molecular weight excluding hydrogens is 482 g/mol. The van der Waals surface area contributed by atoms with Gasteiger partial charge in [0.25, 0.3) is 0 Å². The van der Waals surface area contributed by atoms with E-state index in [1.165, 1.54) is 41.3 Å². The van der Waals surface area contributed by atoms with Crippen LogP contribution >= 0.6 is 0 Å². The summed E-state index contributed by atoms with van der Waals surface area (Å²) in [5, 5.41) is 11.4. The Kier molecular flexibility index (Phi) is 5.37. The average molecular weight is 507 g/mol. The fourth-order valence-corrected chi connectivity index (χ4v) is 5.60. The van der Waals surface area contributed by atoms with Gasteiger partial charge < -0.3 is 14.6 Å². The predicted molar refractivity (Wildman–Crippen MR) is 130 cm³/mol. The molecule has 0 bridgehead atoms. The molecule has 0 unspecified atom stereocenters. The van der Waals surface area contributed by atoms with Gasteiger partial charge in [0.05, 0.1) is 31.4 Å². The number of fused-ring (bicyclic) bond motifs is 3. The fraction of sp³-hybridized carbons (Fsp3) is 0.346. The number of nitrogens with zero attached hydrogens (tertiary/aromatic N) is 3. The topological polar surface area (TPSA) is 139 Å². The van der Waals surface area contributed by atoms with E-state index in [2.05, 4.69) is 0 Å². The van der Waals surface area contributed by atoms with Gasteiger partial charge in [0, 0.05) is 49.2 Å². The zero-order valence-electron chi connectivity index (χ0n) is 20.9.